The van der Waals surface area contributed by atoms with Gasteiger partial charge in [-0.1, -0.05) is 28.1 Å². The van der Waals surface area contributed by atoms with Crippen LogP contribution in [0.15, 0.2) is 24.3 Å². The summed E-state index contributed by atoms with van der Waals surface area (Å²) in [5.41, 5.74) is -1.11. The van der Waals surface area contributed by atoms with Crippen LogP contribution in [0.1, 0.15) is 28.8 Å². The van der Waals surface area contributed by atoms with Crippen molar-refractivity contribution in [1.82, 2.24) is 4.90 Å². The second kappa shape index (κ2) is 6.16. The van der Waals surface area contributed by atoms with E-state index in [1.54, 1.807) is 0 Å². The lowest BCUT2D eigenvalue weighted by molar-refractivity contribution is -0.138. The van der Waals surface area contributed by atoms with Crippen LogP contribution in [0.5, 0.6) is 0 Å². The van der Waals surface area contributed by atoms with Gasteiger partial charge in [-0.3, -0.25) is 4.79 Å². The molecular weight excluding hydrogens is 335 g/mol. The Hall–Kier alpha value is -1.04. The third kappa shape index (κ3) is 3.34. The third-order valence-electron chi connectivity index (χ3n) is 3.49. The van der Waals surface area contributed by atoms with Gasteiger partial charge in [0.15, 0.2) is 0 Å². The van der Waals surface area contributed by atoms with Gasteiger partial charge >= 0.3 is 6.18 Å². The molecule has 6 heteroatoms. The number of likely N-dealkylation sites (tertiary alicyclic amines) is 1. The maximum absolute atomic E-state index is 12.9. The molecule has 1 aliphatic heterocycles. The Labute approximate surface area is 124 Å². The van der Waals surface area contributed by atoms with E-state index in [9.17, 15) is 18.0 Å². The molecule has 1 unspecified atom stereocenters. The number of halogens is 4. The summed E-state index contributed by atoms with van der Waals surface area (Å²) in [7, 11) is 0. The highest BCUT2D eigenvalue weighted by atomic mass is 79.9. The van der Waals surface area contributed by atoms with Crippen molar-refractivity contribution in [2.24, 2.45) is 5.92 Å². The van der Waals surface area contributed by atoms with Crippen molar-refractivity contribution in [2.45, 2.75) is 19.0 Å². The summed E-state index contributed by atoms with van der Waals surface area (Å²) in [6.07, 6.45) is -2.68. The lowest BCUT2D eigenvalue weighted by atomic mass is 9.98. The Morgan fingerprint density at radius 1 is 1.35 bits per heavy atom. The smallest absolute Gasteiger partial charge is 0.338 e. The summed E-state index contributed by atoms with van der Waals surface area (Å²) in [5, 5.41) is 0.762. The predicted octanol–water partition coefficient (Wildman–Crippen LogP) is 3.95. The summed E-state index contributed by atoms with van der Waals surface area (Å²) in [6.45, 7) is 1.03. The first-order valence-electron chi connectivity index (χ1n) is 6.45. The van der Waals surface area contributed by atoms with E-state index in [4.69, 9.17) is 0 Å². The molecule has 1 heterocycles. The molecule has 1 aromatic rings. The van der Waals surface area contributed by atoms with Gasteiger partial charge < -0.3 is 4.90 Å². The van der Waals surface area contributed by atoms with Crippen LogP contribution in [0.3, 0.4) is 0 Å². The fourth-order valence-electron chi connectivity index (χ4n) is 2.46. The Balaban J connectivity index is 2.25. The molecule has 1 fully saturated rings. The van der Waals surface area contributed by atoms with E-state index in [1.165, 1.54) is 23.1 Å². The van der Waals surface area contributed by atoms with Crippen LogP contribution in [0.2, 0.25) is 0 Å². The molecule has 0 aliphatic carbocycles. The van der Waals surface area contributed by atoms with Gasteiger partial charge in [0.2, 0.25) is 0 Å². The second-order valence-electron chi connectivity index (χ2n) is 4.96. The average Bonchev–Trinajstić information content (AvgIpc) is 2.45. The summed E-state index contributed by atoms with van der Waals surface area (Å²) in [5.74, 6) is -0.214. The maximum Gasteiger partial charge on any atom is 0.417 e. The minimum absolute atomic E-state index is 0.254. The number of alkyl halides is 4. The van der Waals surface area contributed by atoms with Crippen molar-refractivity contribution >= 4 is 21.8 Å². The number of carbonyl (C=O) groups is 1. The quantitative estimate of drug-likeness (QED) is 0.740. The van der Waals surface area contributed by atoms with Crippen molar-refractivity contribution in [1.29, 1.82) is 0 Å². The molecule has 2 nitrogen and oxygen atoms in total. The molecule has 0 aromatic heterocycles. The van der Waals surface area contributed by atoms with E-state index in [1.807, 2.05) is 0 Å². The lowest BCUT2D eigenvalue weighted by Crippen LogP contribution is -2.41. The first kappa shape index (κ1) is 15.4. The van der Waals surface area contributed by atoms with Crippen molar-refractivity contribution in [3.63, 3.8) is 0 Å². The van der Waals surface area contributed by atoms with Crippen LogP contribution < -0.4 is 0 Å². The van der Waals surface area contributed by atoms with E-state index in [2.05, 4.69) is 15.9 Å². The molecular formula is C14H15BrF3NO. The van der Waals surface area contributed by atoms with Crippen LogP contribution in [0.25, 0.3) is 0 Å². The molecule has 110 valence electrons. The minimum atomic E-state index is -4.50. The molecule has 0 bridgehead atoms. The van der Waals surface area contributed by atoms with E-state index in [0.717, 1.165) is 24.2 Å². The SMILES string of the molecule is O=C(c1ccccc1C(F)(F)F)N1CCCC(CBr)C1. The van der Waals surface area contributed by atoms with E-state index < -0.39 is 17.6 Å². The molecule has 0 spiro atoms. The highest BCUT2D eigenvalue weighted by Crippen LogP contribution is 2.33. The van der Waals surface area contributed by atoms with Crippen LogP contribution in [-0.2, 0) is 6.18 Å². The second-order valence-corrected chi connectivity index (χ2v) is 5.60. The molecule has 1 saturated heterocycles. The zero-order chi connectivity index (χ0) is 14.8. The number of rotatable bonds is 2. The Morgan fingerprint density at radius 2 is 2.05 bits per heavy atom. The molecule has 1 atom stereocenters. The maximum atomic E-state index is 12.9. The standard InChI is InChI=1S/C14H15BrF3NO/c15-8-10-4-3-7-19(9-10)13(20)11-5-1-2-6-12(11)14(16,17)18/h1-2,5-6,10H,3-4,7-9H2. The Bertz CT molecular complexity index is 490. The normalized spacial score (nSPS) is 20.0. The summed E-state index contributed by atoms with van der Waals surface area (Å²) >= 11 is 3.37. The number of amides is 1. The van der Waals surface area contributed by atoms with Crippen LogP contribution in [-0.4, -0.2) is 29.2 Å². The van der Waals surface area contributed by atoms with Gasteiger partial charge in [0.05, 0.1) is 11.1 Å². The van der Waals surface area contributed by atoms with Crippen LogP contribution >= 0.6 is 15.9 Å². The molecule has 0 radical (unpaired) electrons. The van der Waals surface area contributed by atoms with Crippen LogP contribution in [0, 0.1) is 5.92 Å². The highest BCUT2D eigenvalue weighted by molar-refractivity contribution is 9.09. The monoisotopic (exact) mass is 349 g/mol. The fourth-order valence-corrected chi connectivity index (χ4v) is 2.99. The van der Waals surface area contributed by atoms with Gasteiger partial charge in [0.1, 0.15) is 0 Å². The first-order valence-corrected chi connectivity index (χ1v) is 7.57. The lowest BCUT2D eigenvalue weighted by Gasteiger charge is -2.32. The van der Waals surface area contributed by atoms with Crippen molar-refractivity contribution in [2.75, 3.05) is 18.4 Å². The van der Waals surface area contributed by atoms with Gasteiger partial charge in [0.25, 0.3) is 5.91 Å². The number of carbonyl (C=O) groups excluding carboxylic acids is 1. The highest BCUT2D eigenvalue weighted by Gasteiger charge is 2.36. The van der Waals surface area contributed by atoms with E-state index in [0.29, 0.717) is 19.0 Å². The molecule has 1 amide bonds. The first-order chi connectivity index (χ1) is 9.43. The molecule has 2 rings (SSSR count). The predicted molar refractivity (Wildman–Crippen MR) is 73.9 cm³/mol. The zero-order valence-electron chi connectivity index (χ0n) is 10.8. The topological polar surface area (TPSA) is 20.3 Å². The summed E-state index contributed by atoms with van der Waals surface area (Å²) < 4.78 is 38.8. The summed E-state index contributed by atoms with van der Waals surface area (Å²) in [6, 6.07) is 4.98. The van der Waals surface area contributed by atoms with E-state index >= 15 is 0 Å². The molecule has 0 N–H and O–H groups in total. The van der Waals surface area contributed by atoms with E-state index in [-0.39, 0.29) is 5.56 Å². The van der Waals surface area contributed by atoms with Gasteiger partial charge in [-0.2, -0.15) is 13.2 Å². The number of nitrogens with zero attached hydrogens (tertiary/aromatic N) is 1. The minimum Gasteiger partial charge on any atom is -0.338 e. The van der Waals surface area contributed by atoms with Crippen LogP contribution in [0.4, 0.5) is 13.2 Å². The molecule has 20 heavy (non-hydrogen) atoms. The van der Waals surface area contributed by atoms with Gasteiger partial charge in [0, 0.05) is 18.4 Å². The summed E-state index contributed by atoms with van der Waals surface area (Å²) in [4.78, 5) is 13.9. The Morgan fingerprint density at radius 3 is 2.70 bits per heavy atom. The Kier molecular flexibility index (Phi) is 4.73. The largest absolute Gasteiger partial charge is 0.417 e. The molecule has 1 aliphatic rings. The van der Waals surface area contributed by atoms with Gasteiger partial charge in [-0.15, -0.1) is 0 Å². The fraction of sp³-hybridized carbons (Fsp3) is 0.500. The van der Waals surface area contributed by atoms with Crippen molar-refractivity contribution in [3.8, 4) is 0 Å². The molecule has 0 saturated carbocycles. The van der Waals surface area contributed by atoms with Gasteiger partial charge in [-0.25, -0.2) is 0 Å². The van der Waals surface area contributed by atoms with Crippen molar-refractivity contribution in [3.05, 3.63) is 35.4 Å². The number of piperidine rings is 1. The number of hydrogen-bond donors (Lipinski definition) is 0. The number of hydrogen-bond acceptors (Lipinski definition) is 1. The number of benzene rings is 1. The van der Waals surface area contributed by atoms with Crippen molar-refractivity contribution < 1.29 is 18.0 Å². The molecule has 1 aromatic carbocycles. The zero-order valence-corrected chi connectivity index (χ0v) is 12.4. The van der Waals surface area contributed by atoms with Gasteiger partial charge in [-0.05, 0) is 30.9 Å². The third-order valence-corrected chi connectivity index (χ3v) is 4.40. The average molecular weight is 350 g/mol.